The van der Waals surface area contributed by atoms with Gasteiger partial charge in [0.15, 0.2) is 12.2 Å². The fraction of sp³-hybridized carbons (Fsp3) is 0.500. The van der Waals surface area contributed by atoms with Gasteiger partial charge in [-0.2, -0.15) is 0 Å². The first-order valence-corrected chi connectivity index (χ1v) is 9.29. The Balaban J connectivity index is 2.43. The van der Waals surface area contributed by atoms with Crippen molar-refractivity contribution in [2.24, 2.45) is 0 Å². The second-order valence-electron chi connectivity index (χ2n) is 6.64. The van der Waals surface area contributed by atoms with Crippen LogP contribution < -0.4 is 4.74 Å². The second-order valence-corrected chi connectivity index (χ2v) is 6.64. The molecule has 0 aliphatic carbocycles. The molecular weight excluding hydrogens is 419 g/mol. The zero-order valence-electron chi connectivity index (χ0n) is 17.4. The van der Waals surface area contributed by atoms with Crippen LogP contribution in [0.5, 0.6) is 5.75 Å². The van der Waals surface area contributed by atoms with Crippen molar-refractivity contribution in [3.8, 4) is 5.75 Å². The van der Waals surface area contributed by atoms with E-state index in [-0.39, 0.29) is 12.4 Å². The smallest absolute Gasteiger partial charge is 0.303 e. The van der Waals surface area contributed by atoms with Gasteiger partial charge in [-0.15, -0.1) is 0 Å². The summed E-state index contributed by atoms with van der Waals surface area (Å²) in [6.45, 7) is 4.14. The van der Waals surface area contributed by atoms with E-state index < -0.39 is 60.4 Å². The van der Waals surface area contributed by atoms with Crippen LogP contribution in [0, 0.1) is 5.82 Å². The maximum Gasteiger partial charge on any atom is 0.303 e. The van der Waals surface area contributed by atoms with Crippen LogP contribution >= 0.6 is 0 Å². The van der Waals surface area contributed by atoms with E-state index in [1.54, 1.807) is 0 Å². The fourth-order valence-electron chi connectivity index (χ4n) is 2.93. The number of esters is 4. The molecule has 1 fully saturated rings. The van der Waals surface area contributed by atoms with Gasteiger partial charge in [0.1, 0.15) is 24.3 Å². The molecule has 0 N–H and O–H groups in total. The van der Waals surface area contributed by atoms with E-state index in [4.69, 9.17) is 28.4 Å². The summed E-state index contributed by atoms with van der Waals surface area (Å²) < 4.78 is 45.4. The Morgan fingerprint density at radius 3 is 1.84 bits per heavy atom. The Kier molecular flexibility index (Phi) is 8.31. The van der Waals surface area contributed by atoms with Gasteiger partial charge in [0.05, 0.1) is 0 Å². The van der Waals surface area contributed by atoms with Gasteiger partial charge in [-0.1, -0.05) is 0 Å². The normalized spacial score (nSPS) is 25.1. The van der Waals surface area contributed by atoms with E-state index >= 15 is 0 Å². The van der Waals surface area contributed by atoms with Gasteiger partial charge in [0.25, 0.3) is 0 Å². The van der Waals surface area contributed by atoms with Crippen molar-refractivity contribution >= 4 is 23.9 Å². The van der Waals surface area contributed by atoms with Gasteiger partial charge in [0.2, 0.25) is 12.4 Å². The number of ether oxygens (including phenoxy) is 6. The molecule has 1 aliphatic rings. The SMILES string of the molecule is CC(=O)OC[C@H]1O[C@H](Oc2ccc(F)cc2)[C@H](OC(C)=O)[C@@H](OC(C)=O)[C@@H]1OC(C)=O. The predicted octanol–water partition coefficient (Wildman–Crippen LogP) is 1.29. The van der Waals surface area contributed by atoms with Crippen LogP contribution in [0.25, 0.3) is 0 Å². The number of hydrogen-bond acceptors (Lipinski definition) is 10. The number of carbonyl (C=O) groups is 4. The molecule has 1 aromatic rings. The highest BCUT2D eigenvalue weighted by atomic mass is 19.1. The Morgan fingerprint density at radius 1 is 0.806 bits per heavy atom. The van der Waals surface area contributed by atoms with Crippen LogP contribution in [-0.2, 0) is 42.9 Å². The highest BCUT2D eigenvalue weighted by molar-refractivity contribution is 5.68. The van der Waals surface area contributed by atoms with Crippen molar-refractivity contribution in [2.45, 2.75) is 58.4 Å². The van der Waals surface area contributed by atoms with E-state index in [0.29, 0.717) is 0 Å². The van der Waals surface area contributed by atoms with Crippen molar-refractivity contribution in [3.05, 3.63) is 30.1 Å². The standard InChI is InChI=1S/C20H23FO10/c1-10(22)26-9-16-17(27-11(2)23)18(28-12(3)24)19(29-13(4)25)20(31-16)30-15-7-5-14(21)6-8-15/h5-8,16-20H,9H2,1-4H3/t16-,17-,18+,19-,20+/m1/s1. The lowest BCUT2D eigenvalue weighted by Crippen LogP contribution is -2.63. The van der Waals surface area contributed by atoms with E-state index in [9.17, 15) is 23.6 Å². The molecule has 0 spiro atoms. The molecule has 1 aliphatic heterocycles. The first-order valence-electron chi connectivity index (χ1n) is 9.29. The molecule has 1 aromatic carbocycles. The third-order valence-electron chi connectivity index (χ3n) is 4.01. The molecule has 0 saturated carbocycles. The molecule has 1 saturated heterocycles. The zero-order valence-corrected chi connectivity index (χ0v) is 17.4. The molecule has 170 valence electrons. The van der Waals surface area contributed by atoms with Crippen LogP contribution in [0.3, 0.4) is 0 Å². The molecule has 0 radical (unpaired) electrons. The maximum atomic E-state index is 13.2. The first-order chi connectivity index (χ1) is 14.6. The lowest BCUT2D eigenvalue weighted by molar-refractivity contribution is -0.288. The molecule has 0 unspecified atom stereocenters. The summed E-state index contributed by atoms with van der Waals surface area (Å²) in [5.41, 5.74) is 0. The monoisotopic (exact) mass is 442 g/mol. The lowest BCUT2D eigenvalue weighted by Gasteiger charge is -2.43. The third kappa shape index (κ3) is 7.21. The third-order valence-corrected chi connectivity index (χ3v) is 4.01. The highest BCUT2D eigenvalue weighted by Gasteiger charge is 2.53. The van der Waals surface area contributed by atoms with E-state index in [1.807, 2.05) is 0 Å². The summed E-state index contributed by atoms with van der Waals surface area (Å²) >= 11 is 0. The highest BCUT2D eigenvalue weighted by Crippen LogP contribution is 2.31. The number of rotatable bonds is 7. The van der Waals surface area contributed by atoms with Crippen molar-refractivity contribution in [3.63, 3.8) is 0 Å². The van der Waals surface area contributed by atoms with Gasteiger partial charge in [-0.3, -0.25) is 19.2 Å². The molecule has 5 atom stereocenters. The minimum atomic E-state index is -1.37. The lowest BCUT2D eigenvalue weighted by atomic mass is 9.98. The van der Waals surface area contributed by atoms with E-state index in [1.165, 1.54) is 19.1 Å². The summed E-state index contributed by atoms with van der Waals surface area (Å²) in [7, 11) is 0. The molecule has 0 bridgehead atoms. The molecule has 0 aromatic heterocycles. The quantitative estimate of drug-likeness (QED) is 0.451. The predicted molar refractivity (Wildman–Crippen MR) is 99.0 cm³/mol. The van der Waals surface area contributed by atoms with Gasteiger partial charge >= 0.3 is 23.9 Å². The van der Waals surface area contributed by atoms with Crippen LogP contribution in [0.4, 0.5) is 4.39 Å². The van der Waals surface area contributed by atoms with Gasteiger partial charge in [-0.05, 0) is 24.3 Å². The van der Waals surface area contributed by atoms with Crippen LogP contribution in [-0.4, -0.2) is 61.2 Å². The topological polar surface area (TPSA) is 124 Å². The summed E-state index contributed by atoms with van der Waals surface area (Å²) in [5, 5.41) is 0. The van der Waals surface area contributed by atoms with E-state index in [2.05, 4.69) is 0 Å². The fourth-order valence-corrected chi connectivity index (χ4v) is 2.93. The molecule has 10 nitrogen and oxygen atoms in total. The summed E-state index contributed by atoms with van der Waals surface area (Å²) in [6, 6.07) is 4.90. The Labute approximate surface area is 177 Å². The van der Waals surface area contributed by atoms with Crippen molar-refractivity contribution < 1.29 is 52.0 Å². The Morgan fingerprint density at radius 2 is 1.32 bits per heavy atom. The molecule has 1 heterocycles. The molecule has 2 rings (SSSR count). The van der Waals surface area contributed by atoms with Gasteiger partial charge in [0, 0.05) is 27.7 Å². The number of halogens is 1. The average molecular weight is 442 g/mol. The summed E-state index contributed by atoms with van der Waals surface area (Å²) in [5.74, 6) is -3.23. The minimum absolute atomic E-state index is 0.155. The molecule has 0 amide bonds. The van der Waals surface area contributed by atoms with Gasteiger partial charge in [-0.25, -0.2) is 4.39 Å². The van der Waals surface area contributed by atoms with Gasteiger partial charge < -0.3 is 28.4 Å². The molecule has 11 heteroatoms. The van der Waals surface area contributed by atoms with Crippen LogP contribution in [0.15, 0.2) is 24.3 Å². The minimum Gasteiger partial charge on any atom is -0.463 e. The van der Waals surface area contributed by atoms with E-state index in [0.717, 1.165) is 32.9 Å². The zero-order chi connectivity index (χ0) is 23.1. The van der Waals surface area contributed by atoms with Crippen molar-refractivity contribution in [1.29, 1.82) is 0 Å². The summed E-state index contributed by atoms with van der Waals surface area (Å²) in [4.78, 5) is 46.4. The number of benzene rings is 1. The van der Waals surface area contributed by atoms with Crippen molar-refractivity contribution in [2.75, 3.05) is 6.61 Å². The summed E-state index contributed by atoms with van der Waals surface area (Å²) in [6.07, 6.45) is -6.48. The molecule has 31 heavy (non-hydrogen) atoms. The number of carbonyl (C=O) groups excluding carboxylic acids is 4. The second kappa shape index (κ2) is 10.7. The van der Waals surface area contributed by atoms with Crippen LogP contribution in [0.2, 0.25) is 0 Å². The number of hydrogen-bond donors (Lipinski definition) is 0. The largest absolute Gasteiger partial charge is 0.463 e. The molecular formula is C20H23FO10. The van der Waals surface area contributed by atoms with Crippen LogP contribution in [0.1, 0.15) is 27.7 Å². The Hall–Kier alpha value is -3.21. The Bertz CT molecular complexity index is 809. The maximum absolute atomic E-state index is 13.2. The van der Waals surface area contributed by atoms with Crippen molar-refractivity contribution in [1.82, 2.24) is 0 Å². The average Bonchev–Trinajstić information content (AvgIpc) is 2.65. The first kappa shape index (κ1) is 24.1.